The fourth-order valence-corrected chi connectivity index (χ4v) is 4.45. The van der Waals surface area contributed by atoms with Crippen LogP contribution in [0.5, 0.6) is 0 Å². The molecule has 1 fully saturated rings. The van der Waals surface area contributed by atoms with Crippen LogP contribution in [0.1, 0.15) is 30.2 Å². The van der Waals surface area contributed by atoms with Crippen LogP contribution in [0.3, 0.4) is 0 Å². The highest BCUT2D eigenvalue weighted by atomic mass is 19.1. The second-order valence-corrected chi connectivity index (χ2v) is 8.72. The Morgan fingerprint density at radius 1 is 0.969 bits per heavy atom. The third-order valence-electron chi connectivity index (χ3n) is 6.35. The monoisotopic (exact) mass is 432 g/mol. The van der Waals surface area contributed by atoms with Crippen LogP contribution in [0, 0.1) is 31.4 Å². The normalized spacial score (nSPS) is 14.2. The van der Waals surface area contributed by atoms with Gasteiger partial charge in [0.1, 0.15) is 22.8 Å². The molecule has 164 valence electrons. The minimum Gasteiger partial charge on any atom is -0.342 e. The SMILES string of the molecule is CCC1CN(c2nc3c(-c4ccccc4F)nc(C)cc3n2Cc2ccc(F)c(C)c2)C1. The maximum atomic E-state index is 14.7. The van der Waals surface area contributed by atoms with Gasteiger partial charge in [0, 0.05) is 24.3 Å². The van der Waals surface area contributed by atoms with Crippen molar-refractivity contribution in [2.75, 3.05) is 18.0 Å². The predicted octanol–water partition coefficient (Wildman–Crippen LogP) is 5.89. The minimum atomic E-state index is -0.313. The maximum Gasteiger partial charge on any atom is 0.206 e. The summed E-state index contributed by atoms with van der Waals surface area (Å²) in [5.41, 5.74) is 5.02. The Bertz CT molecular complexity index is 1300. The number of aryl methyl sites for hydroxylation is 2. The smallest absolute Gasteiger partial charge is 0.206 e. The first-order chi connectivity index (χ1) is 15.4. The number of imidazole rings is 1. The van der Waals surface area contributed by atoms with Gasteiger partial charge in [0.25, 0.3) is 0 Å². The molecule has 32 heavy (non-hydrogen) atoms. The van der Waals surface area contributed by atoms with E-state index in [1.165, 1.54) is 12.1 Å². The van der Waals surface area contributed by atoms with E-state index in [0.717, 1.165) is 42.2 Å². The van der Waals surface area contributed by atoms with Crippen molar-refractivity contribution >= 4 is 17.0 Å². The van der Waals surface area contributed by atoms with E-state index in [1.54, 1.807) is 19.1 Å². The average molecular weight is 433 g/mol. The number of halogens is 2. The summed E-state index contributed by atoms with van der Waals surface area (Å²) in [4.78, 5) is 11.9. The molecule has 0 amide bonds. The molecule has 4 aromatic rings. The largest absolute Gasteiger partial charge is 0.342 e. The number of benzene rings is 2. The summed E-state index contributed by atoms with van der Waals surface area (Å²) in [5.74, 6) is 0.992. The van der Waals surface area contributed by atoms with E-state index in [9.17, 15) is 8.78 Å². The van der Waals surface area contributed by atoms with Crippen LogP contribution >= 0.6 is 0 Å². The van der Waals surface area contributed by atoms with Crippen LogP contribution in [-0.4, -0.2) is 27.6 Å². The Morgan fingerprint density at radius 2 is 1.75 bits per heavy atom. The standard InChI is InChI=1S/C26H26F2N4/c1-4-18-13-31(14-18)26-30-25-23(32(26)15-19-9-10-21(27)16(2)11-19)12-17(3)29-24(25)20-7-5-6-8-22(20)28/h5-12,18H,4,13-15H2,1-3H3. The molecule has 0 radical (unpaired) electrons. The highest BCUT2D eigenvalue weighted by molar-refractivity contribution is 5.92. The van der Waals surface area contributed by atoms with E-state index in [2.05, 4.69) is 21.4 Å². The van der Waals surface area contributed by atoms with Crippen molar-refractivity contribution in [2.24, 2.45) is 5.92 Å². The zero-order valence-electron chi connectivity index (χ0n) is 18.6. The van der Waals surface area contributed by atoms with Crippen molar-refractivity contribution in [3.05, 3.63) is 77.0 Å². The molecule has 3 heterocycles. The second kappa shape index (κ2) is 8.01. The number of hydrogen-bond donors (Lipinski definition) is 0. The average Bonchev–Trinajstić information content (AvgIpc) is 3.08. The van der Waals surface area contributed by atoms with E-state index >= 15 is 0 Å². The Hall–Kier alpha value is -3.28. The molecule has 1 aliphatic heterocycles. The first-order valence-electron chi connectivity index (χ1n) is 11.1. The van der Waals surface area contributed by atoms with E-state index in [-0.39, 0.29) is 11.6 Å². The number of hydrogen-bond acceptors (Lipinski definition) is 3. The van der Waals surface area contributed by atoms with Gasteiger partial charge in [-0.15, -0.1) is 0 Å². The van der Waals surface area contributed by atoms with Gasteiger partial charge in [-0.1, -0.05) is 31.2 Å². The third kappa shape index (κ3) is 3.53. The second-order valence-electron chi connectivity index (χ2n) is 8.72. The molecule has 0 bridgehead atoms. The zero-order valence-corrected chi connectivity index (χ0v) is 18.6. The predicted molar refractivity (Wildman–Crippen MR) is 124 cm³/mol. The van der Waals surface area contributed by atoms with Gasteiger partial charge in [-0.05, 0) is 61.6 Å². The number of pyridine rings is 1. The summed E-state index contributed by atoms with van der Waals surface area (Å²) in [6, 6.07) is 13.9. The fraction of sp³-hybridized carbons (Fsp3) is 0.308. The molecular weight excluding hydrogens is 406 g/mol. The van der Waals surface area contributed by atoms with Crippen molar-refractivity contribution in [3.63, 3.8) is 0 Å². The van der Waals surface area contributed by atoms with Crippen molar-refractivity contribution in [3.8, 4) is 11.3 Å². The Kier molecular flexibility index (Phi) is 5.16. The van der Waals surface area contributed by atoms with Gasteiger partial charge in [0.15, 0.2) is 0 Å². The van der Waals surface area contributed by atoms with Crippen LogP contribution in [0.2, 0.25) is 0 Å². The van der Waals surface area contributed by atoms with Crippen molar-refractivity contribution < 1.29 is 8.78 Å². The molecule has 4 nitrogen and oxygen atoms in total. The first kappa shape index (κ1) is 20.6. The highest BCUT2D eigenvalue weighted by Crippen LogP contribution is 2.35. The lowest BCUT2D eigenvalue weighted by Crippen LogP contribution is -2.47. The minimum absolute atomic E-state index is 0.208. The number of nitrogens with zero attached hydrogens (tertiary/aromatic N) is 4. The summed E-state index contributed by atoms with van der Waals surface area (Å²) in [5, 5.41) is 0. The van der Waals surface area contributed by atoms with Crippen LogP contribution in [0.15, 0.2) is 48.5 Å². The highest BCUT2D eigenvalue weighted by Gasteiger charge is 2.30. The molecule has 5 rings (SSSR count). The van der Waals surface area contributed by atoms with Crippen LogP contribution < -0.4 is 4.90 Å². The molecule has 0 saturated carbocycles. The summed E-state index contributed by atoms with van der Waals surface area (Å²) in [6.07, 6.45) is 1.13. The quantitative estimate of drug-likeness (QED) is 0.394. The van der Waals surface area contributed by atoms with E-state index in [1.807, 2.05) is 31.2 Å². The van der Waals surface area contributed by atoms with E-state index in [0.29, 0.717) is 34.8 Å². The van der Waals surface area contributed by atoms with Gasteiger partial charge >= 0.3 is 0 Å². The molecule has 2 aromatic carbocycles. The summed E-state index contributed by atoms with van der Waals surface area (Å²) in [6.45, 7) is 8.35. The van der Waals surface area contributed by atoms with Crippen molar-refractivity contribution in [1.29, 1.82) is 0 Å². The molecule has 1 saturated heterocycles. The number of anilines is 1. The first-order valence-corrected chi connectivity index (χ1v) is 11.1. The molecule has 0 N–H and O–H groups in total. The lowest BCUT2D eigenvalue weighted by Gasteiger charge is -2.39. The maximum absolute atomic E-state index is 14.7. The fourth-order valence-electron chi connectivity index (χ4n) is 4.45. The Labute approximate surface area is 186 Å². The molecule has 0 spiro atoms. The lowest BCUT2D eigenvalue weighted by molar-refractivity contribution is 0.389. The summed E-state index contributed by atoms with van der Waals surface area (Å²) >= 11 is 0. The number of rotatable bonds is 5. The molecule has 6 heteroatoms. The van der Waals surface area contributed by atoms with E-state index < -0.39 is 0 Å². The van der Waals surface area contributed by atoms with Gasteiger partial charge in [-0.2, -0.15) is 0 Å². The van der Waals surface area contributed by atoms with Crippen LogP contribution in [0.4, 0.5) is 14.7 Å². The van der Waals surface area contributed by atoms with Crippen LogP contribution in [0.25, 0.3) is 22.3 Å². The van der Waals surface area contributed by atoms with Gasteiger partial charge < -0.3 is 9.47 Å². The van der Waals surface area contributed by atoms with Crippen molar-refractivity contribution in [2.45, 2.75) is 33.7 Å². The summed E-state index contributed by atoms with van der Waals surface area (Å²) < 4.78 is 30.7. The van der Waals surface area contributed by atoms with Gasteiger partial charge in [0.2, 0.25) is 5.95 Å². The third-order valence-corrected chi connectivity index (χ3v) is 6.35. The van der Waals surface area contributed by atoms with Crippen LogP contribution in [-0.2, 0) is 6.54 Å². The van der Waals surface area contributed by atoms with Gasteiger partial charge in [-0.3, -0.25) is 4.98 Å². The molecule has 0 unspecified atom stereocenters. The molecule has 0 atom stereocenters. The van der Waals surface area contributed by atoms with Crippen molar-refractivity contribution in [1.82, 2.24) is 14.5 Å². The van der Waals surface area contributed by atoms with Gasteiger partial charge in [-0.25, -0.2) is 13.8 Å². The Morgan fingerprint density at radius 3 is 2.47 bits per heavy atom. The molecule has 0 aliphatic carbocycles. The van der Waals surface area contributed by atoms with Gasteiger partial charge in [0.05, 0.1) is 12.1 Å². The van der Waals surface area contributed by atoms with E-state index in [4.69, 9.17) is 4.98 Å². The summed E-state index contributed by atoms with van der Waals surface area (Å²) in [7, 11) is 0. The Balaban J connectivity index is 1.69. The lowest BCUT2D eigenvalue weighted by atomic mass is 9.98. The molecule has 1 aliphatic rings. The topological polar surface area (TPSA) is 34.0 Å². The molecule has 2 aromatic heterocycles. The molecular formula is C26H26F2N4. The zero-order chi connectivity index (χ0) is 22.4. The number of aromatic nitrogens is 3. The number of fused-ring (bicyclic) bond motifs is 1.